The molecule has 0 amide bonds. The predicted octanol–water partition coefficient (Wildman–Crippen LogP) is 17.1. The number of aryl methyl sites for hydroxylation is 2. The Hall–Kier alpha value is -7.94. The Morgan fingerprint density at radius 1 is 0.266 bits per heavy atom. The summed E-state index contributed by atoms with van der Waals surface area (Å²) in [6.07, 6.45) is 0. The molecule has 2 nitrogen and oxygen atoms in total. The van der Waals surface area contributed by atoms with Crippen LogP contribution >= 0.6 is 0 Å². The summed E-state index contributed by atoms with van der Waals surface area (Å²) in [5, 5.41) is 17.6. The third kappa shape index (κ3) is 5.14. The third-order valence-electron chi connectivity index (χ3n) is 14.5. The van der Waals surface area contributed by atoms with Crippen LogP contribution in [0.4, 0.5) is 0 Å². The van der Waals surface area contributed by atoms with E-state index in [2.05, 4.69) is 231 Å². The largest absolute Gasteiger partial charge is 0.312 e. The van der Waals surface area contributed by atoms with Crippen LogP contribution in [0.1, 0.15) is 22.5 Å². The topological polar surface area (TPSA) is 9.86 Å². The summed E-state index contributed by atoms with van der Waals surface area (Å²) >= 11 is 0. The van der Waals surface area contributed by atoms with Gasteiger partial charge in [-0.3, -0.25) is 0 Å². The first-order chi connectivity index (χ1) is 31.4. The molecule has 11 aromatic carbocycles. The zero-order valence-corrected chi connectivity index (χ0v) is 36.4. The molecule has 0 fully saturated rings. The normalized spacial score (nSPS) is 12.1. The lowest BCUT2D eigenvalue weighted by Crippen LogP contribution is -2.00. The molecule has 0 atom stereocenters. The minimum atomic E-state index is 1.21. The Balaban J connectivity index is 1.23. The van der Waals surface area contributed by atoms with Crippen LogP contribution in [0.3, 0.4) is 0 Å². The smallest absolute Gasteiger partial charge is 0.0615 e. The predicted molar refractivity (Wildman–Crippen MR) is 275 cm³/mol. The first-order valence-electron chi connectivity index (χ1n) is 22.4. The lowest BCUT2D eigenvalue weighted by Gasteiger charge is -2.20. The molecule has 0 radical (unpaired) electrons. The summed E-state index contributed by atoms with van der Waals surface area (Å²) in [7, 11) is 0. The lowest BCUT2D eigenvalue weighted by molar-refractivity contribution is 1.06. The molecule has 64 heavy (non-hydrogen) atoms. The van der Waals surface area contributed by atoms with E-state index in [4.69, 9.17) is 0 Å². The Labute approximate surface area is 371 Å². The van der Waals surface area contributed by atoms with E-state index in [0.29, 0.717) is 0 Å². The number of aromatic nitrogens is 2. The first-order valence-corrected chi connectivity index (χ1v) is 22.4. The van der Waals surface area contributed by atoms with Gasteiger partial charge in [0.2, 0.25) is 0 Å². The molecular formula is C62H44N2. The van der Waals surface area contributed by atoms with E-state index in [9.17, 15) is 0 Å². The van der Waals surface area contributed by atoms with Crippen molar-refractivity contribution in [3.8, 4) is 33.6 Å². The number of rotatable bonds is 4. The molecule has 2 heterocycles. The van der Waals surface area contributed by atoms with Gasteiger partial charge in [-0.15, -0.1) is 0 Å². The van der Waals surface area contributed by atoms with Crippen molar-refractivity contribution >= 4 is 86.4 Å². The van der Waals surface area contributed by atoms with Gasteiger partial charge in [0.1, 0.15) is 0 Å². The molecule has 13 rings (SSSR count). The number of fused-ring (bicyclic) bond motifs is 8. The molecule has 0 saturated carbocycles. The molecule has 13 aromatic rings. The molecule has 0 aliphatic heterocycles. The number of hydrogen-bond acceptors (Lipinski definition) is 0. The minimum absolute atomic E-state index is 1.21. The molecule has 0 N–H and O–H groups in total. The van der Waals surface area contributed by atoms with E-state index in [0.717, 1.165) is 0 Å². The van der Waals surface area contributed by atoms with Crippen molar-refractivity contribution in [1.82, 2.24) is 9.13 Å². The van der Waals surface area contributed by atoms with Crippen molar-refractivity contribution in [2.75, 3.05) is 0 Å². The monoisotopic (exact) mass is 816 g/mol. The second-order valence-electron chi connectivity index (χ2n) is 17.7. The number of benzene rings is 11. The van der Waals surface area contributed by atoms with Crippen LogP contribution in [0.5, 0.6) is 0 Å². The average molecular weight is 817 g/mol. The maximum atomic E-state index is 2.56. The van der Waals surface area contributed by atoms with E-state index in [1.165, 1.54) is 143 Å². The first kappa shape index (κ1) is 36.7. The highest BCUT2D eigenvalue weighted by Crippen LogP contribution is 2.49. The van der Waals surface area contributed by atoms with Gasteiger partial charge in [0.15, 0.2) is 0 Å². The van der Waals surface area contributed by atoms with Crippen LogP contribution in [0.15, 0.2) is 194 Å². The standard InChI is InChI=1S/C62H44N2/c1-37-39(3)63(61-47-27-15-11-23-43(47)31-44-24-12-16-28-48(44)61)57-35-55-53(33-51(37)57)59(41-19-7-5-8-20-41)56-36-58-52(34-54(56)60(55)42-21-9-6-10-22-42)38(2)40(4)64(58)62-49-29-17-13-25-45(49)32-46-26-14-18-30-50(46)62/h5-36H,1-4H3. The van der Waals surface area contributed by atoms with Crippen LogP contribution in [0.2, 0.25) is 0 Å². The average Bonchev–Trinajstić information content (AvgIpc) is 3.72. The van der Waals surface area contributed by atoms with Crippen molar-refractivity contribution in [2.45, 2.75) is 27.7 Å². The van der Waals surface area contributed by atoms with E-state index in [-0.39, 0.29) is 0 Å². The highest BCUT2D eigenvalue weighted by Gasteiger charge is 2.25. The van der Waals surface area contributed by atoms with Gasteiger partial charge in [-0.1, -0.05) is 158 Å². The summed E-state index contributed by atoms with van der Waals surface area (Å²) < 4.78 is 5.11. The molecule has 0 unspecified atom stereocenters. The van der Waals surface area contributed by atoms with Crippen LogP contribution in [-0.4, -0.2) is 9.13 Å². The third-order valence-corrected chi connectivity index (χ3v) is 14.5. The quantitative estimate of drug-likeness (QED) is 0.157. The molecule has 0 bridgehead atoms. The van der Waals surface area contributed by atoms with Gasteiger partial charge in [0, 0.05) is 43.7 Å². The minimum Gasteiger partial charge on any atom is -0.312 e. The molecule has 0 spiro atoms. The Kier molecular flexibility index (Phi) is 7.90. The van der Waals surface area contributed by atoms with Crippen LogP contribution in [0, 0.1) is 27.7 Å². The van der Waals surface area contributed by atoms with Gasteiger partial charge in [0.05, 0.1) is 22.4 Å². The molecule has 2 heteroatoms. The van der Waals surface area contributed by atoms with Gasteiger partial charge in [-0.2, -0.15) is 0 Å². The summed E-state index contributed by atoms with van der Waals surface area (Å²) in [4.78, 5) is 0. The second-order valence-corrected chi connectivity index (χ2v) is 17.7. The summed E-state index contributed by atoms with van der Waals surface area (Å²) in [5.74, 6) is 0. The zero-order valence-electron chi connectivity index (χ0n) is 36.4. The molecule has 0 aliphatic carbocycles. The maximum Gasteiger partial charge on any atom is 0.0615 e. The fraction of sp³-hybridized carbons (Fsp3) is 0.0645. The van der Waals surface area contributed by atoms with Gasteiger partial charge < -0.3 is 9.13 Å². The molecule has 0 aliphatic rings. The van der Waals surface area contributed by atoms with Crippen molar-refractivity contribution < 1.29 is 0 Å². The summed E-state index contributed by atoms with van der Waals surface area (Å²) in [6.45, 7) is 9.23. The fourth-order valence-corrected chi connectivity index (χ4v) is 11.2. The number of hydrogen-bond donors (Lipinski definition) is 0. The Morgan fingerprint density at radius 3 is 0.906 bits per heavy atom. The van der Waals surface area contributed by atoms with Gasteiger partial charge in [-0.05, 0) is 141 Å². The molecule has 2 aromatic heterocycles. The van der Waals surface area contributed by atoms with Gasteiger partial charge >= 0.3 is 0 Å². The molecular weight excluding hydrogens is 773 g/mol. The second kappa shape index (κ2) is 13.8. The van der Waals surface area contributed by atoms with E-state index in [1.807, 2.05) is 0 Å². The Morgan fingerprint density at radius 2 is 0.562 bits per heavy atom. The van der Waals surface area contributed by atoms with Crippen molar-refractivity contribution in [2.24, 2.45) is 0 Å². The molecule has 0 saturated heterocycles. The maximum absolute atomic E-state index is 2.56. The summed E-state index contributed by atoms with van der Waals surface area (Å²) in [6, 6.07) is 72.4. The molecule has 302 valence electrons. The van der Waals surface area contributed by atoms with Gasteiger partial charge in [0.25, 0.3) is 0 Å². The highest BCUT2D eigenvalue weighted by atomic mass is 15.0. The van der Waals surface area contributed by atoms with E-state index >= 15 is 0 Å². The van der Waals surface area contributed by atoms with Crippen molar-refractivity contribution in [3.05, 3.63) is 217 Å². The van der Waals surface area contributed by atoms with Crippen molar-refractivity contribution in [1.29, 1.82) is 0 Å². The lowest BCUT2D eigenvalue weighted by atomic mass is 9.84. The zero-order chi connectivity index (χ0) is 42.8. The summed E-state index contributed by atoms with van der Waals surface area (Å²) in [5.41, 5.74) is 15.0. The Bertz CT molecular complexity index is 3710. The van der Waals surface area contributed by atoms with Crippen LogP contribution < -0.4 is 0 Å². The van der Waals surface area contributed by atoms with E-state index < -0.39 is 0 Å². The number of nitrogens with zero attached hydrogens (tertiary/aromatic N) is 2. The van der Waals surface area contributed by atoms with Gasteiger partial charge in [-0.25, -0.2) is 0 Å². The highest BCUT2D eigenvalue weighted by molar-refractivity contribution is 6.26. The fourth-order valence-electron chi connectivity index (χ4n) is 11.2. The van der Waals surface area contributed by atoms with Crippen molar-refractivity contribution in [3.63, 3.8) is 0 Å². The van der Waals surface area contributed by atoms with Crippen LogP contribution in [-0.2, 0) is 0 Å². The van der Waals surface area contributed by atoms with E-state index in [1.54, 1.807) is 0 Å². The SMILES string of the molecule is Cc1c(C)n(-c2c3ccccc3cc3ccccc23)c2cc3c(-c4ccccc4)c4cc5c(C)c(C)n(-c6c7ccccc7cc7ccccc67)c5cc4c(-c4ccccc4)c3cc12. The van der Waals surface area contributed by atoms with Crippen LogP contribution in [0.25, 0.3) is 120 Å².